The van der Waals surface area contributed by atoms with E-state index in [0.717, 1.165) is 5.56 Å². The molecule has 0 aliphatic rings. The van der Waals surface area contributed by atoms with Crippen LogP contribution in [-0.2, 0) is 22.0 Å². The van der Waals surface area contributed by atoms with Gasteiger partial charge in [-0.25, -0.2) is 17.8 Å². The molecule has 0 N–H and O–H groups in total. The van der Waals surface area contributed by atoms with Gasteiger partial charge < -0.3 is 4.57 Å². The van der Waals surface area contributed by atoms with E-state index in [1.54, 1.807) is 10.6 Å². The summed E-state index contributed by atoms with van der Waals surface area (Å²) < 4.78 is 38.0. The highest BCUT2D eigenvalue weighted by Crippen LogP contribution is 2.21. The molecule has 108 valence electrons. The molecule has 0 fully saturated rings. The smallest absolute Gasteiger partial charge is 0.280 e. The Bertz CT molecular complexity index is 746. The van der Waals surface area contributed by atoms with Gasteiger partial charge in [-0.15, -0.1) is 0 Å². The van der Waals surface area contributed by atoms with Gasteiger partial charge in [0.2, 0.25) is 0 Å². The lowest BCUT2D eigenvalue weighted by Gasteiger charge is -2.08. The predicted molar refractivity (Wildman–Crippen MR) is 77.8 cm³/mol. The van der Waals surface area contributed by atoms with Crippen molar-refractivity contribution in [1.29, 1.82) is 0 Å². The SMILES string of the molecule is CCc1nc(S(=O)(=O)Cl)cn1Cc1ccc(F)cc1Br. The van der Waals surface area contributed by atoms with Crippen LogP contribution in [-0.4, -0.2) is 18.0 Å². The highest BCUT2D eigenvalue weighted by atomic mass is 79.9. The highest BCUT2D eigenvalue weighted by molar-refractivity contribution is 9.10. The van der Waals surface area contributed by atoms with Crippen molar-refractivity contribution in [2.24, 2.45) is 0 Å². The molecule has 0 bridgehead atoms. The maximum absolute atomic E-state index is 13.0. The minimum atomic E-state index is -3.86. The van der Waals surface area contributed by atoms with E-state index in [1.807, 2.05) is 6.92 Å². The molecule has 0 amide bonds. The number of benzene rings is 1. The molecule has 0 saturated carbocycles. The van der Waals surface area contributed by atoms with E-state index in [9.17, 15) is 12.8 Å². The van der Waals surface area contributed by atoms with Crippen LogP contribution in [0.5, 0.6) is 0 Å². The van der Waals surface area contributed by atoms with Gasteiger partial charge in [0.15, 0.2) is 5.03 Å². The lowest BCUT2D eigenvalue weighted by Crippen LogP contribution is -2.04. The normalized spacial score (nSPS) is 11.8. The van der Waals surface area contributed by atoms with E-state index in [2.05, 4.69) is 20.9 Å². The van der Waals surface area contributed by atoms with Gasteiger partial charge >= 0.3 is 0 Å². The van der Waals surface area contributed by atoms with Crippen LogP contribution in [0.25, 0.3) is 0 Å². The minimum Gasteiger partial charge on any atom is -0.329 e. The number of halogens is 3. The van der Waals surface area contributed by atoms with Gasteiger partial charge in [0.25, 0.3) is 9.05 Å². The van der Waals surface area contributed by atoms with Crippen LogP contribution < -0.4 is 0 Å². The molecule has 0 unspecified atom stereocenters. The van der Waals surface area contributed by atoms with Crippen LogP contribution in [0, 0.1) is 5.82 Å². The average molecular weight is 382 g/mol. The Morgan fingerprint density at radius 3 is 2.70 bits per heavy atom. The second-order valence-corrected chi connectivity index (χ2v) is 7.52. The van der Waals surface area contributed by atoms with Crippen molar-refractivity contribution in [2.45, 2.75) is 24.9 Å². The first-order chi connectivity index (χ1) is 9.31. The highest BCUT2D eigenvalue weighted by Gasteiger charge is 2.17. The van der Waals surface area contributed by atoms with Gasteiger partial charge in [0.05, 0.1) is 0 Å². The summed E-state index contributed by atoms with van der Waals surface area (Å²) in [6.07, 6.45) is 1.95. The zero-order valence-corrected chi connectivity index (χ0v) is 13.6. The Hall–Kier alpha value is -0.920. The lowest BCUT2D eigenvalue weighted by atomic mass is 10.2. The summed E-state index contributed by atoms with van der Waals surface area (Å²) in [5.74, 6) is 0.256. The number of aryl methyl sites for hydroxylation is 1. The van der Waals surface area contributed by atoms with Crippen LogP contribution in [0.15, 0.2) is 33.9 Å². The standard InChI is InChI=1S/C12H11BrClFN2O2S/c1-2-11-16-12(20(14,18)19)7-17(11)6-8-3-4-9(15)5-10(8)13/h3-5,7H,2,6H2,1H3. The molecule has 4 nitrogen and oxygen atoms in total. The molecular weight excluding hydrogens is 371 g/mol. The second kappa shape index (κ2) is 5.83. The number of imidazole rings is 1. The fraction of sp³-hybridized carbons (Fsp3) is 0.250. The zero-order chi connectivity index (χ0) is 14.9. The van der Waals surface area contributed by atoms with Crippen molar-refractivity contribution in [3.05, 3.63) is 46.1 Å². The summed E-state index contributed by atoms with van der Waals surface area (Å²) in [5, 5.41) is -0.172. The minimum absolute atomic E-state index is 0.172. The first-order valence-electron chi connectivity index (χ1n) is 5.76. The molecule has 0 saturated heterocycles. The number of rotatable bonds is 4. The fourth-order valence-electron chi connectivity index (χ4n) is 1.80. The summed E-state index contributed by atoms with van der Waals surface area (Å²) in [6, 6.07) is 4.34. The number of hydrogen-bond acceptors (Lipinski definition) is 3. The van der Waals surface area contributed by atoms with Gasteiger partial charge in [-0.2, -0.15) is 0 Å². The molecular formula is C12H11BrClFN2O2S. The predicted octanol–water partition coefficient (Wildman–Crippen LogP) is 3.32. The third-order valence-corrected chi connectivity index (χ3v) is 4.67. The first-order valence-corrected chi connectivity index (χ1v) is 8.86. The molecule has 2 aromatic rings. The Morgan fingerprint density at radius 1 is 1.45 bits per heavy atom. The molecule has 0 atom stereocenters. The van der Waals surface area contributed by atoms with Crippen LogP contribution >= 0.6 is 26.6 Å². The van der Waals surface area contributed by atoms with Crippen molar-refractivity contribution >= 4 is 35.7 Å². The van der Waals surface area contributed by atoms with Crippen molar-refractivity contribution in [1.82, 2.24) is 9.55 Å². The van der Waals surface area contributed by atoms with Gasteiger partial charge in [-0.1, -0.05) is 28.9 Å². The molecule has 1 aromatic heterocycles. The topological polar surface area (TPSA) is 52.0 Å². The third-order valence-electron chi connectivity index (χ3n) is 2.76. The Balaban J connectivity index is 2.40. The van der Waals surface area contributed by atoms with E-state index in [4.69, 9.17) is 10.7 Å². The number of hydrogen-bond donors (Lipinski definition) is 0. The fourth-order valence-corrected chi connectivity index (χ4v) is 2.96. The number of aromatic nitrogens is 2. The van der Waals surface area contributed by atoms with Crippen LogP contribution in [0.2, 0.25) is 0 Å². The Morgan fingerprint density at radius 2 is 2.15 bits per heavy atom. The summed E-state index contributed by atoms with van der Waals surface area (Å²) in [7, 11) is 1.44. The summed E-state index contributed by atoms with van der Waals surface area (Å²) >= 11 is 3.28. The molecule has 8 heteroatoms. The molecule has 20 heavy (non-hydrogen) atoms. The molecule has 0 spiro atoms. The number of nitrogens with zero attached hydrogens (tertiary/aromatic N) is 2. The average Bonchev–Trinajstić information content (AvgIpc) is 2.75. The Labute approximate surface area is 129 Å². The van der Waals surface area contributed by atoms with Crippen molar-refractivity contribution in [3.8, 4) is 0 Å². The quantitative estimate of drug-likeness (QED) is 0.763. The van der Waals surface area contributed by atoms with Gasteiger partial charge in [-0.05, 0) is 17.7 Å². The molecule has 2 rings (SSSR count). The van der Waals surface area contributed by atoms with E-state index in [1.165, 1.54) is 18.3 Å². The monoisotopic (exact) mass is 380 g/mol. The van der Waals surface area contributed by atoms with E-state index < -0.39 is 9.05 Å². The maximum atomic E-state index is 13.0. The maximum Gasteiger partial charge on any atom is 0.280 e. The van der Waals surface area contributed by atoms with Crippen molar-refractivity contribution in [2.75, 3.05) is 0 Å². The molecule has 0 aliphatic heterocycles. The molecule has 1 heterocycles. The Kier molecular flexibility index (Phi) is 4.51. The third kappa shape index (κ3) is 3.39. The van der Waals surface area contributed by atoms with Gasteiger partial charge in [0.1, 0.15) is 11.6 Å². The van der Waals surface area contributed by atoms with Gasteiger partial charge in [-0.3, -0.25) is 0 Å². The molecule has 1 aromatic carbocycles. The van der Waals surface area contributed by atoms with E-state index >= 15 is 0 Å². The van der Waals surface area contributed by atoms with Crippen LogP contribution in [0.4, 0.5) is 4.39 Å². The summed E-state index contributed by atoms with van der Waals surface area (Å²) in [6.45, 7) is 2.24. The largest absolute Gasteiger partial charge is 0.329 e. The molecule has 0 radical (unpaired) electrons. The van der Waals surface area contributed by atoms with Crippen molar-refractivity contribution in [3.63, 3.8) is 0 Å². The first kappa shape index (κ1) is 15.5. The van der Waals surface area contributed by atoms with Crippen LogP contribution in [0.3, 0.4) is 0 Å². The molecule has 0 aliphatic carbocycles. The zero-order valence-electron chi connectivity index (χ0n) is 10.5. The van der Waals surface area contributed by atoms with E-state index in [0.29, 0.717) is 23.3 Å². The lowest BCUT2D eigenvalue weighted by molar-refractivity contribution is 0.606. The summed E-state index contributed by atoms with van der Waals surface area (Å²) in [5.41, 5.74) is 0.817. The van der Waals surface area contributed by atoms with Gasteiger partial charge in [0, 0.05) is 34.3 Å². The van der Waals surface area contributed by atoms with E-state index in [-0.39, 0.29) is 10.8 Å². The second-order valence-electron chi connectivity index (χ2n) is 4.15. The summed E-state index contributed by atoms with van der Waals surface area (Å²) in [4.78, 5) is 4.00. The van der Waals surface area contributed by atoms with Crippen LogP contribution in [0.1, 0.15) is 18.3 Å². The van der Waals surface area contributed by atoms with Crippen molar-refractivity contribution < 1.29 is 12.8 Å².